The van der Waals surface area contributed by atoms with Crippen molar-refractivity contribution in [3.63, 3.8) is 0 Å². The van der Waals surface area contributed by atoms with Crippen LogP contribution in [0.1, 0.15) is 19.3 Å². The van der Waals surface area contributed by atoms with Gasteiger partial charge >= 0.3 is 0 Å². The van der Waals surface area contributed by atoms with E-state index in [1.807, 2.05) is 6.08 Å². The SMILES string of the molecule is O=CC1(C=O)C=CCCC1. The molecule has 54 valence electrons. The molecule has 1 rings (SSSR count). The maximum Gasteiger partial charge on any atom is 0.137 e. The van der Waals surface area contributed by atoms with Gasteiger partial charge in [-0.1, -0.05) is 12.2 Å². The summed E-state index contributed by atoms with van der Waals surface area (Å²) >= 11 is 0. The van der Waals surface area contributed by atoms with Gasteiger partial charge in [-0.25, -0.2) is 0 Å². The summed E-state index contributed by atoms with van der Waals surface area (Å²) in [5.74, 6) is 0. The van der Waals surface area contributed by atoms with E-state index in [1.54, 1.807) is 6.08 Å². The highest BCUT2D eigenvalue weighted by molar-refractivity contribution is 5.86. The average Bonchev–Trinajstić information content (AvgIpc) is 2.06. The minimum Gasteiger partial charge on any atom is -0.302 e. The molecule has 0 N–H and O–H groups in total. The Bertz CT molecular complexity index is 162. The van der Waals surface area contributed by atoms with E-state index in [9.17, 15) is 9.59 Å². The second-order valence-electron chi connectivity index (χ2n) is 2.64. The monoisotopic (exact) mass is 138 g/mol. The molecule has 0 fully saturated rings. The van der Waals surface area contributed by atoms with Crippen LogP contribution in [0.25, 0.3) is 0 Å². The molecule has 2 heteroatoms. The lowest BCUT2D eigenvalue weighted by Crippen LogP contribution is -2.23. The van der Waals surface area contributed by atoms with Crippen molar-refractivity contribution < 1.29 is 9.59 Å². The Hall–Kier alpha value is -0.920. The molecule has 0 unspecified atom stereocenters. The highest BCUT2D eigenvalue weighted by Crippen LogP contribution is 2.25. The second kappa shape index (κ2) is 2.78. The van der Waals surface area contributed by atoms with E-state index in [0.29, 0.717) is 6.42 Å². The quantitative estimate of drug-likeness (QED) is 0.325. The molecule has 1 aliphatic rings. The van der Waals surface area contributed by atoms with Crippen LogP contribution in [0.15, 0.2) is 12.2 Å². The Morgan fingerprint density at radius 2 is 2.00 bits per heavy atom. The zero-order valence-corrected chi connectivity index (χ0v) is 5.75. The summed E-state index contributed by atoms with van der Waals surface area (Å²) in [5.41, 5.74) is -0.780. The van der Waals surface area contributed by atoms with Gasteiger partial charge in [0, 0.05) is 0 Å². The third kappa shape index (κ3) is 1.15. The van der Waals surface area contributed by atoms with Gasteiger partial charge in [0.25, 0.3) is 0 Å². The van der Waals surface area contributed by atoms with E-state index in [-0.39, 0.29) is 0 Å². The first-order valence-electron chi connectivity index (χ1n) is 3.43. The molecular weight excluding hydrogens is 128 g/mol. The fourth-order valence-corrected chi connectivity index (χ4v) is 1.14. The molecule has 1 aliphatic carbocycles. The van der Waals surface area contributed by atoms with E-state index < -0.39 is 5.41 Å². The number of carbonyl (C=O) groups is 2. The lowest BCUT2D eigenvalue weighted by atomic mass is 9.82. The Labute approximate surface area is 59.9 Å². The summed E-state index contributed by atoms with van der Waals surface area (Å²) in [5, 5.41) is 0. The van der Waals surface area contributed by atoms with Crippen LogP contribution in [-0.4, -0.2) is 12.6 Å². The minimum absolute atomic E-state index is 0.677. The molecule has 0 heterocycles. The van der Waals surface area contributed by atoms with E-state index >= 15 is 0 Å². The van der Waals surface area contributed by atoms with E-state index in [0.717, 1.165) is 25.4 Å². The van der Waals surface area contributed by atoms with Gasteiger partial charge in [0.15, 0.2) is 0 Å². The summed E-state index contributed by atoms with van der Waals surface area (Å²) in [4.78, 5) is 20.9. The van der Waals surface area contributed by atoms with Crippen molar-refractivity contribution >= 4 is 12.6 Å². The van der Waals surface area contributed by atoms with Crippen molar-refractivity contribution in [1.82, 2.24) is 0 Å². The summed E-state index contributed by atoms with van der Waals surface area (Å²) in [6, 6.07) is 0. The molecule has 10 heavy (non-hydrogen) atoms. The van der Waals surface area contributed by atoms with Crippen LogP contribution in [-0.2, 0) is 9.59 Å². The largest absolute Gasteiger partial charge is 0.302 e. The van der Waals surface area contributed by atoms with Crippen molar-refractivity contribution in [3.8, 4) is 0 Å². The standard InChI is InChI=1S/C8H10O2/c9-6-8(7-10)4-2-1-3-5-8/h2,4,6-7H,1,3,5H2. The van der Waals surface area contributed by atoms with Crippen LogP contribution < -0.4 is 0 Å². The number of rotatable bonds is 2. The Balaban J connectivity index is 2.80. The van der Waals surface area contributed by atoms with Gasteiger partial charge in [0.05, 0.1) is 5.41 Å². The third-order valence-electron chi connectivity index (χ3n) is 1.85. The maximum atomic E-state index is 10.4. The topological polar surface area (TPSA) is 34.1 Å². The Morgan fingerprint density at radius 3 is 2.30 bits per heavy atom. The van der Waals surface area contributed by atoms with E-state index in [1.165, 1.54) is 0 Å². The van der Waals surface area contributed by atoms with Gasteiger partial charge < -0.3 is 9.59 Å². The summed E-state index contributed by atoms with van der Waals surface area (Å²) in [6.07, 6.45) is 7.67. The molecule has 0 spiro atoms. The first kappa shape index (κ1) is 7.19. The lowest BCUT2D eigenvalue weighted by Gasteiger charge is -2.19. The van der Waals surface area contributed by atoms with Gasteiger partial charge in [-0.2, -0.15) is 0 Å². The van der Waals surface area contributed by atoms with Crippen molar-refractivity contribution in [1.29, 1.82) is 0 Å². The predicted molar refractivity (Wildman–Crippen MR) is 37.6 cm³/mol. The van der Waals surface area contributed by atoms with Crippen LogP contribution in [0.5, 0.6) is 0 Å². The van der Waals surface area contributed by atoms with Gasteiger partial charge in [-0.05, 0) is 19.3 Å². The first-order chi connectivity index (χ1) is 4.83. The molecule has 0 amide bonds. The highest BCUT2D eigenvalue weighted by Gasteiger charge is 2.26. The molecule has 0 aromatic heterocycles. The van der Waals surface area contributed by atoms with Crippen molar-refractivity contribution in [3.05, 3.63) is 12.2 Å². The van der Waals surface area contributed by atoms with Crippen LogP contribution in [0.2, 0.25) is 0 Å². The predicted octanol–water partition coefficient (Wildman–Crippen LogP) is 1.11. The molecule has 0 saturated carbocycles. The molecule has 0 radical (unpaired) electrons. The molecule has 0 saturated heterocycles. The summed E-state index contributed by atoms with van der Waals surface area (Å²) < 4.78 is 0. The first-order valence-corrected chi connectivity index (χ1v) is 3.43. The fraction of sp³-hybridized carbons (Fsp3) is 0.500. The molecule has 0 aromatic rings. The van der Waals surface area contributed by atoms with E-state index in [4.69, 9.17) is 0 Å². The van der Waals surface area contributed by atoms with Crippen molar-refractivity contribution in [2.24, 2.45) is 5.41 Å². The molecule has 0 atom stereocenters. The number of hydrogen-bond acceptors (Lipinski definition) is 2. The average molecular weight is 138 g/mol. The van der Waals surface area contributed by atoms with E-state index in [2.05, 4.69) is 0 Å². The van der Waals surface area contributed by atoms with Crippen LogP contribution >= 0.6 is 0 Å². The normalized spacial score (nSPS) is 22.0. The molecular formula is C8H10O2. The fourth-order valence-electron chi connectivity index (χ4n) is 1.14. The maximum absolute atomic E-state index is 10.4. The highest BCUT2D eigenvalue weighted by atomic mass is 16.1. The number of hydrogen-bond donors (Lipinski definition) is 0. The van der Waals surface area contributed by atoms with Gasteiger partial charge in [0.1, 0.15) is 12.6 Å². The minimum atomic E-state index is -0.780. The summed E-state index contributed by atoms with van der Waals surface area (Å²) in [6.45, 7) is 0. The van der Waals surface area contributed by atoms with Crippen LogP contribution in [0.4, 0.5) is 0 Å². The Kier molecular flexibility index (Phi) is 2.00. The van der Waals surface area contributed by atoms with Crippen LogP contribution in [0.3, 0.4) is 0 Å². The summed E-state index contributed by atoms with van der Waals surface area (Å²) in [7, 11) is 0. The van der Waals surface area contributed by atoms with Crippen molar-refractivity contribution in [2.45, 2.75) is 19.3 Å². The smallest absolute Gasteiger partial charge is 0.137 e. The molecule has 0 aromatic carbocycles. The van der Waals surface area contributed by atoms with Crippen LogP contribution in [0, 0.1) is 5.41 Å². The van der Waals surface area contributed by atoms with Gasteiger partial charge in [-0.3, -0.25) is 0 Å². The number of carbonyl (C=O) groups excluding carboxylic acids is 2. The molecule has 0 bridgehead atoms. The lowest BCUT2D eigenvalue weighted by molar-refractivity contribution is -0.124. The number of aldehydes is 2. The van der Waals surface area contributed by atoms with Gasteiger partial charge in [0.2, 0.25) is 0 Å². The molecule has 2 nitrogen and oxygen atoms in total. The van der Waals surface area contributed by atoms with Crippen molar-refractivity contribution in [2.75, 3.05) is 0 Å². The zero-order chi connectivity index (χ0) is 7.45. The second-order valence-corrected chi connectivity index (χ2v) is 2.64. The molecule has 0 aliphatic heterocycles. The Morgan fingerprint density at radius 1 is 1.30 bits per heavy atom. The zero-order valence-electron chi connectivity index (χ0n) is 5.75. The van der Waals surface area contributed by atoms with Gasteiger partial charge in [-0.15, -0.1) is 0 Å². The number of allylic oxidation sites excluding steroid dienone is 2. The third-order valence-corrected chi connectivity index (χ3v) is 1.85.